The molecule has 0 saturated heterocycles. The molecule has 0 saturated carbocycles. The molecule has 0 fully saturated rings. The van der Waals surface area contributed by atoms with Gasteiger partial charge in [-0.2, -0.15) is 5.10 Å². The molecule has 0 aliphatic heterocycles. The average Bonchev–Trinajstić information content (AvgIpc) is 3.24. The predicted molar refractivity (Wildman–Crippen MR) is 112 cm³/mol. The molecule has 3 aromatic rings. The number of benzene rings is 1. The summed E-state index contributed by atoms with van der Waals surface area (Å²) in [5, 5.41) is 6.22. The lowest BCUT2D eigenvalue weighted by Gasteiger charge is -2.10. The molecule has 0 amide bonds. The van der Waals surface area contributed by atoms with Gasteiger partial charge in [-0.25, -0.2) is 17.8 Å². The summed E-state index contributed by atoms with van der Waals surface area (Å²) in [7, 11) is -1.98. The number of ether oxygens (including phenoxy) is 2. The molecule has 0 radical (unpaired) electrons. The molecule has 3 rings (SSSR count). The van der Waals surface area contributed by atoms with Gasteiger partial charge >= 0.3 is 0 Å². The van der Waals surface area contributed by atoms with E-state index in [4.69, 9.17) is 9.47 Å². The molecule has 0 aliphatic rings. The zero-order chi connectivity index (χ0) is 20.7. The van der Waals surface area contributed by atoms with Crippen LogP contribution in [-0.2, 0) is 16.6 Å². The highest BCUT2D eigenvalue weighted by Crippen LogP contribution is 2.21. The highest BCUT2D eigenvalue weighted by Gasteiger charge is 2.11. The first kappa shape index (κ1) is 21.0. The lowest BCUT2D eigenvalue weighted by atomic mass is 10.3. The molecule has 2 aromatic heterocycles. The molecule has 0 spiro atoms. The molecule has 0 unspecified atom stereocenters. The molecule has 0 bridgehead atoms. The van der Waals surface area contributed by atoms with Gasteiger partial charge in [0, 0.05) is 12.6 Å². The summed E-state index contributed by atoms with van der Waals surface area (Å²) in [6.07, 6.45) is 0. The van der Waals surface area contributed by atoms with E-state index < -0.39 is 10.0 Å². The fraction of sp³-hybridized carbons (Fsp3) is 0.263. The smallest absolute Gasteiger partial charge is 0.266 e. The number of thiophene rings is 1. The fourth-order valence-electron chi connectivity index (χ4n) is 2.49. The third-order valence-corrected chi connectivity index (χ3v) is 6.21. The normalized spacial score (nSPS) is 11.3. The van der Waals surface area contributed by atoms with Gasteiger partial charge in [-0.1, -0.05) is 6.07 Å². The van der Waals surface area contributed by atoms with Crippen molar-refractivity contribution in [2.45, 2.75) is 6.54 Å². The van der Waals surface area contributed by atoms with Crippen LogP contribution >= 0.6 is 11.3 Å². The molecule has 0 atom stereocenters. The molecule has 29 heavy (non-hydrogen) atoms. The van der Waals surface area contributed by atoms with Crippen LogP contribution in [-0.4, -0.2) is 44.2 Å². The number of rotatable bonds is 10. The Bertz CT molecular complexity index is 1080. The van der Waals surface area contributed by atoms with E-state index in [9.17, 15) is 13.2 Å². The van der Waals surface area contributed by atoms with E-state index in [0.717, 1.165) is 4.88 Å². The maximum absolute atomic E-state index is 12.1. The summed E-state index contributed by atoms with van der Waals surface area (Å²) in [4.78, 5) is 12.9. The van der Waals surface area contributed by atoms with Crippen LogP contribution in [0, 0.1) is 0 Å². The van der Waals surface area contributed by atoms with Gasteiger partial charge in [-0.05, 0) is 41.8 Å². The Hall–Kier alpha value is -2.69. The van der Waals surface area contributed by atoms with Crippen molar-refractivity contribution in [3.8, 4) is 22.1 Å². The SMILES string of the molecule is COc1ccc(OCCS(=O)(=O)NCCn2nc(-c3cccs3)ccc2=O)cc1. The zero-order valence-corrected chi connectivity index (χ0v) is 17.4. The maximum Gasteiger partial charge on any atom is 0.266 e. The summed E-state index contributed by atoms with van der Waals surface area (Å²) < 4.78 is 38.5. The maximum atomic E-state index is 12.1. The van der Waals surface area contributed by atoms with E-state index >= 15 is 0 Å². The lowest BCUT2D eigenvalue weighted by Crippen LogP contribution is -2.34. The van der Waals surface area contributed by atoms with Gasteiger partial charge in [0.25, 0.3) is 5.56 Å². The molecule has 1 aromatic carbocycles. The Morgan fingerprint density at radius 3 is 2.55 bits per heavy atom. The summed E-state index contributed by atoms with van der Waals surface area (Å²) in [5.41, 5.74) is 0.391. The summed E-state index contributed by atoms with van der Waals surface area (Å²) >= 11 is 1.52. The van der Waals surface area contributed by atoms with Crippen molar-refractivity contribution in [1.29, 1.82) is 0 Å². The van der Waals surface area contributed by atoms with Gasteiger partial charge in [-0.3, -0.25) is 4.79 Å². The Morgan fingerprint density at radius 1 is 1.10 bits per heavy atom. The highest BCUT2D eigenvalue weighted by atomic mass is 32.2. The van der Waals surface area contributed by atoms with Crippen LogP contribution in [0.3, 0.4) is 0 Å². The number of methoxy groups -OCH3 is 1. The van der Waals surface area contributed by atoms with Crippen molar-refractivity contribution >= 4 is 21.4 Å². The third-order valence-electron chi connectivity index (χ3n) is 3.97. The number of hydrogen-bond acceptors (Lipinski definition) is 7. The monoisotopic (exact) mass is 435 g/mol. The standard InChI is InChI=1S/C19H21N3O5S2/c1-26-15-4-6-16(7-5-15)27-12-14-29(24,25)20-10-11-22-19(23)9-8-17(21-22)18-3-2-13-28-18/h2-9,13,20H,10-12,14H2,1H3. The number of hydrogen-bond donors (Lipinski definition) is 1. The molecule has 10 heteroatoms. The summed E-state index contributed by atoms with van der Waals surface area (Å²) in [6.45, 7) is 0.204. The molecular formula is C19H21N3O5S2. The minimum absolute atomic E-state index is 0.00766. The minimum Gasteiger partial charge on any atom is -0.497 e. The quantitative estimate of drug-likeness (QED) is 0.523. The minimum atomic E-state index is -3.54. The van der Waals surface area contributed by atoms with E-state index in [1.54, 1.807) is 37.4 Å². The Kier molecular flexibility index (Phi) is 7.02. The fourth-order valence-corrected chi connectivity index (χ4v) is 4.03. The average molecular weight is 436 g/mol. The van der Waals surface area contributed by atoms with Gasteiger partial charge in [-0.15, -0.1) is 11.3 Å². The number of nitrogens with one attached hydrogen (secondary N) is 1. The van der Waals surface area contributed by atoms with Crippen LogP contribution in [0.25, 0.3) is 10.6 Å². The third kappa shape index (κ3) is 6.14. The topological polar surface area (TPSA) is 99.5 Å². The Labute approximate surface area is 172 Å². The van der Waals surface area contributed by atoms with Crippen LogP contribution in [0.4, 0.5) is 0 Å². The van der Waals surface area contributed by atoms with Gasteiger partial charge in [0.15, 0.2) is 0 Å². The van der Waals surface area contributed by atoms with E-state index in [1.807, 2.05) is 17.5 Å². The first-order valence-electron chi connectivity index (χ1n) is 8.83. The molecular weight excluding hydrogens is 414 g/mol. The Morgan fingerprint density at radius 2 is 1.86 bits per heavy atom. The van der Waals surface area contributed by atoms with Gasteiger partial charge in [0.2, 0.25) is 10.0 Å². The van der Waals surface area contributed by atoms with Crippen molar-refractivity contribution in [1.82, 2.24) is 14.5 Å². The van der Waals surface area contributed by atoms with Crippen LogP contribution in [0.1, 0.15) is 0 Å². The van der Waals surface area contributed by atoms with Crippen LogP contribution < -0.4 is 19.8 Å². The van der Waals surface area contributed by atoms with Crippen LogP contribution in [0.5, 0.6) is 11.5 Å². The summed E-state index contributed by atoms with van der Waals surface area (Å²) in [5.74, 6) is 1.05. The number of aromatic nitrogens is 2. The number of sulfonamides is 1. The second-order valence-corrected chi connectivity index (χ2v) is 8.87. The molecule has 0 aliphatic carbocycles. The van der Waals surface area contributed by atoms with Gasteiger partial charge in [0.1, 0.15) is 23.8 Å². The first-order valence-corrected chi connectivity index (χ1v) is 11.4. The predicted octanol–water partition coefficient (Wildman–Crippen LogP) is 1.98. The van der Waals surface area contributed by atoms with E-state index in [2.05, 4.69) is 9.82 Å². The molecule has 2 heterocycles. The highest BCUT2D eigenvalue weighted by molar-refractivity contribution is 7.89. The van der Waals surface area contributed by atoms with Crippen molar-refractivity contribution in [2.24, 2.45) is 0 Å². The van der Waals surface area contributed by atoms with E-state index in [0.29, 0.717) is 17.2 Å². The molecule has 154 valence electrons. The largest absolute Gasteiger partial charge is 0.497 e. The lowest BCUT2D eigenvalue weighted by molar-refractivity contribution is 0.339. The van der Waals surface area contributed by atoms with Gasteiger partial charge < -0.3 is 9.47 Å². The summed E-state index contributed by atoms with van der Waals surface area (Å²) in [6, 6.07) is 13.8. The second kappa shape index (κ2) is 9.68. The molecule has 8 nitrogen and oxygen atoms in total. The first-order chi connectivity index (χ1) is 14.0. The van der Waals surface area contributed by atoms with Crippen LogP contribution in [0.2, 0.25) is 0 Å². The second-order valence-electron chi connectivity index (χ2n) is 5.99. The van der Waals surface area contributed by atoms with Crippen LogP contribution in [0.15, 0.2) is 58.7 Å². The number of nitrogens with zero attached hydrogens (tertiary/aromatic N) is 2. The van der Waals surface area contributed by atoms with Gasteiger partial charge in [0.05, 0.1) is 24.3 Å². The van der Waals surface area contributed by atoms with Crippen molar-refractivity contribution in [3.05, 3.63) is 64.3 Å². The van der Waals surface area contributed by atoms with E-state index in [-0.39, 0.29) is 31.0 Å². The van der Waals surface area contributed by atoms with Crippen molar-refractivity contribution in [3.63, 3.8) is 0 Å². The zero-order valence-electron chi connectivity index (χ0n) is 15.8. The van der Waals surface area contributed by atoms with Crippen molar-refractivity contribution in [2.75, 3.05) is 26.0 Å². The van der Waals surface area contributed by atoms with Crippen molar-refractivity contribution < 1.29 is 17.9 Å². The van der Waals surface area contributed by atoms with E-state index in [1.165, 1.54) is 22.1 Å². The Balaban J connectivity index is 1.49. The molecule has 1 N–H and O–H groups in total.